The lowest BCUT2D eigenvalue weighted by Crippen LogP contribution is -2.24. The number of aromatic nitrogens is 2. The molecule has 0 aliphatic heterocycles. The van der Waals surface area contributed by atoms with Crippen LogP contribution in [0.3, 0.4) is 0 Å². The molecule has 1 aliphatic rings. The Bertz CT molecular complexity index is 543. The van der Waals surface area contributed by atoms with Gasteiger partial charge in [0.05, 0.1) is 6.54 Å². The van der Waals surface area contributed by atoms with Crippen LogP contribution in [-0.2, 0) is 13.6 Å². The Hall–Kier alpha value is -1.68. The van der Waals surface area contributed by atoms with Gasteiger partial charge in [-0.1, -0.05) is 12.1 Å². The van der Waals surface area contributed by atoms with E-state index in [2.05, 4.69) is 10.3 Å². The number of hydrogen-bond donors (Lipinski definition) is 1. The van der Waals surface area contributed by atoms with E-state index in [0.29, 0.717) is 12.0 Å². The van der Waals surface area contributed by atoms with Crippen molar-refractivity contribution in [3.63, 3.8) is 0 Å². The lowest BCUT2D eigenvalue weighted by molar-refractivity contribution is 0.467. The van der Waals surface area contributed by atoms with Crippen molar-refractivity contribution in [2.75, 3.05) is 0 Å². The molecule has 2 aromatic rings. The smallest absolute Gasteiger partial charge is 0.123 e. The third kappa shape index (κ3) is 2.84. The third-order valence-electron chi connectivity index (χ3n) is 3.72. The molecule has 1 unspecified atom stereocenters. The van der Waals surface area contributed by atoms with E-state index in [9.17, 15) is 4.39 Å². The zero-order valence-electron chi connectivity index (χ0n) is 11.0. The molecule has 3 rings (SSSR count). The van der Waals surface area contributed by atoms with E-state index in [0.717, 1.165) is 17.9 Å². The monoisotopic (exact) mass is 259 g/mol. The first-order chi connectivity index (χ1) is 9.24. The summed E-state index contributed by atoms with van der Waals surface area (Å²) in [5, 5.41) is 3.55. The van der Waals surface area contributed by atoms with Crippen molar-refractivity contribution in [1.29, 1.82) is 0 Å². The average molecular weight is 259 g/mol. The Morgan fingerprint density at radius 2 is 2.11 bits per heavy atom. The SMILES string of the molecule is Cn1ccnc1CNC(c1ccc(F)cc1)C1CC1. The van der Waals surface area contributed by atoms with Gasteiger partial charge in [-0.3, -0.25) is 0 Å². The maximum absolute atomic E-state index is 13.0. The Morgan fingerprint density at radius 1 is 1.37 bits per heavy atom. The van der Waals surface area contributed by atoms with Crippen LogP contribution >= 0.6 is 0 Å². The standard InChI is InChI=1S/C15H18FN3/c1-19-9-8-17-14(19)10-18-15(11-2-3-11)12-4-6-13(16)7-5-12/h4-9,11,15,18H,2-3,10H2,1H3. The number of nitrogens with zero attached hydrogens (tertiary/aromatic N) is 2. The normalized spacial score (nSPS) is 16.5. The first kappa shape index (κ1) is 12.4. The minimum Gasteiger partial charge on any atom is -0.337 e. The van der Waals surface area contributed by atoms with Gasteiger partial charge in [0.2, 0.25) is 0 Å². The Balaban J connectivity index is 1.71. The van der Waals surface area contributed by atoms with E-state index >= 15 is 0 Å². The van der Waals surface area contributed by atoms with Crippen LogP contribution in [-0.4, -0.2) is 9.55 Å². The summed E-state index contributed by atoms with van der Waals surface area (Å²) in [7, 11) is 1.99. The zero-order chi connectivity index (χ0) is 13.2. The number of aryl methyl sites for hydroxylation is 1. The van der Waals surface area contributed by atoms with E-state index in [1.54, 1.807) is 6.20 Å². The summed E-state index contributed by atoms with van der Waals surface area (Å²) < 4.78 is 15.0. The summed E-state index contributed by atoms with van der Waals surface area (Å²) in [6, 6.07) is 7.13. The van der Waals surface area contributed by atoms with E-state index < -0.39 is 0 Å². The fourth-order valence-electron chi connectivity index (χ4n) is 2.42. The Morgan fingerprint density at radius 3 is 2.68 bits per heavy atom. The zero-order valence-corrected chi connectivity index (χ0v) is 11.0. The minimum absolute atomic E-state index is 0.178. The van der Waals surface area contributed by atoms with Crippen LogP contribution in [0.25, 0.3) is 0 Å². The second-order valence-electron chi connectivity index (χ2n) is 5.20. The highest BCUT2D eigenvalue weighted by Gasteiger charge is 2.32. The van der Waals surface area contributed by atoms with Crippen molar-refractivity contribution in [2.24, 2.45) is 13.0 Å². The van der Waals surface area contributed by atoms with Gasteiger partial charge in [-0.05, 0) is 36.5 Å². The van der Waals surface area contributed by atoms with E-state index in [1.165, 1.54) is 25.0 Å². The molecular formula is C15H18FN3. The van der Waals surface area contributed by atoms with Gasteiger partial charge < -0.3 is 9.88 Å². The highest BCUT2D eigenvalue weighted by atomic mass is 19.1. The summed E-state index contributed by atoms with van der Waals surface area (Å²) in [6.45, 7) is 0.738. The van der Waals surface area contributed by atoms with Gasteiger partial charge in [0.1, 0.15) is 11.6 Å². The van der Waals surface area contributed by atoms with Gasteiger partial charge in [-0.2, -0.15) is 0 Å². The number of hydrogen-bond acceptors (Lipinski definition) is 2. The second-order valence-corrected chi connectivity index (χ2v) is 5.20. The Kier molecular flexibility index (Phi) is 3.34. The molecule has 19 heavy (non-hydrogen) atoms. The van der Waals surface area contributed by atoms with Crippen LogP contribution in [0.1, 0.15) is 30.3 Å². The van der Waals surface area contributed by atoms with Gasteiger partial charge in [0, 0.05) is 25.5 Å². The maximum Gasteiger partial charge on any atom is 0.123 e. The molecule has 1 heterocycles. The van der Waals surface area contributed by atoms with Crippen molar-refractivity contribution in [1.82, 2.24) is 14.9 Å². The van der Waals surface area contributed by atoms with Crippen molar-refractivity contribution >= 4 is 0 Å². The molecule has 100 valence electrons. The molecule has 3 nitrogen and oxygen atoms in total. The van der Waals surface area contributed by atoms with Crippen LogP contribution in [0.2, 0.25) is 0 Å². The first-order valence-electron chi connectivity index (χ1n) is 6.69. The predicted molar refractivity (Wildman–Crippen MR) is 71.9 cm³/mol. The predicted octanol–water partition coefficient (Wildman–Crippen LogP) is 2.80. The van der Waals surface area contributed by atoms with E-state index in [4.69, 9.17) is 0 Å². The molecule has 1 aromatic heterocycles. The van der Waals surface area contributed by atoms with Crippen molar-refractivity contribution in [3.8, 4) is 0 Å². The molecular weight excluding hydrogens is 241 g/mol. The molecule has 0 saturated heterocycles. The lowest BCUT2D eigenvalue weighted by Gasteiger charge is -2.18. The largest absolute Gasteiger partial charge is 0.337 e. The van der Waals surface area contributed by atoms with Crippen LogP contribution in [0.15, 0.2) is 36.7 Å². The number of rotatable bonds is 5. The fourth-order valence-corrected chi connectivity index (χ4v) is 2.42. The molecule has 1 atom stereocenters. The summed E-state index contributed by atoms with van der Waals surface area (Å²) in [5.74, 6) is 1.51. The molecule has 0 spiro atoms. The Labute approximate surface area is 112 Å². The number of halogens is 1. The number of imidazole rings is 1. The van der Waals surface area contributed by atoms with Crippen molar-refractivity contribution in [3.05, 3.63) is 53.9 Å². The second kappa shape index (κ2) is 5.13. The number of benzene rings is 1. The van der Waals surface area contributed by atoms with Gasteiger partial charge in [-0.15, -0.1) is 0 Å². The molecule has 4 heteroatoms. The highest BCUT2D eigenvalue weighted by Crippen LogP contribution is 2.41. The van der Waals surface area contributed by atoms with Gasteiger partial charge in [0.15, 0.2) is 0 Å². The van der Waals surface area contributed by atoms with Crippen LogP contribution in [0.4, 0.5) is 4.39 Å². The number of nitrogens with one attached hydrogen (secondary N) is 1. The summed E-state index contributed by atoms with van der Waals surface area (Å²) in [6.07, 6.45) is 6.24. The topological polar surface area (TPSA) is 29.9 Å². The van der Waals surface area contributed by atoms with E-state index in [1.807, 2.05) is 29.9 Å². The maximum atomic E-state index is 13.0. The molecule has 0 bridgehead atoms. The summed E-state index contributed by atoms with van der Waals surface area (Å²) in [4.78, 5) is 4.32. The fraction of sp³-hybridized carbons (Fsp3) is 0.400. The van der Waals surface area contributed by atoms with E-state index in [-0.39, 0.29) is 5.82 Å². The summed E-state index contributed by atoms with van der Waals surface area (Å²) >= 11 is 0. The van der Waals surface area contributed by atoms with Crippen LogP contribution < -0.4 is 5.32 Å². The quantitative estimate of drug-likeness (QED) is 0.894. The van der Waals surface area contributed by atoms with Crippen LogP contribution in [0, 0.1) is 11.7 Å². The molecule has 1 aromatic carbocycles. The molecule has 1 saturated carbocycles. The highest BCUT2D eigenvalue weighted by molar-refractivity contribution is 5.22. The van der Waals surface area contributed by atoms with Crippen LogP contribution in [0.5, 0.6) is 0 Å². The first-order valence-corrected chi connectivity index (χ1v) is 6.69. The van der Waals surface area contributed by atoms with Crippen molar-refractivity contribution < 1.29 is 4.39 Å². The summed E-state index contributed by atoms with van der Waals surface area (Å²) in [5.41, 5.74) is 1.16. The van der Waals surface area contributed by atoms with Gasteiger partial charge >= 0.3 is 0 Å². The van der Waals surface area contributed by atoms with Crippen molar-refractivity contribution in [2.45, 2.75) is 25.4 Å². The molecule has 1 aliphatic carbocycles. The lowest BCUT2D eigenvalue weighted by atomic mass is 10.0. The minimum atomic E-state index is -0.178. The average Bonchev–Trinajstić information content (AvgIpc) is 3.16. The molecule has 1 fully saturated rings. The third-order valence-corrected chi connectivity index (χ3v) is 3.72. The van der Waals surface area contributed by atoms with Gasteiger partial charge in [0.25, 0.3) is 0 Å². The van der Waals surface area contributed by atoms with Gasteiger partial charge in [-0.25, -0.2) is 9.37 Å². The molecule has 1 N–H and O–H groups in total. The molecule has 0 radical (unpaired) electrons. The molecule has 0 amide bonds.